The fourth-order valence-corrected chi connectivity index (χ4v) is 3.73. The zero-order chi connectivity index (χ0) is 14.1. The SMILES string of the molecule is CC(C)CN1CCN(C2CCc3cc(O)ccc32)CC1. The van der Waals surface area contributed by atoms with Crippen LogP contribution >= 0.6 is 0 Å². The van der Waals surface area contributed by atoms with Crippen LogP contribution in [0.25, 0.3) is 0 Å². The normalized spacial score (nSPS) is 24.2. The van der Waals surface area contributed by atoms with Crippen molar-refractivity contribution in [3.63, 3.8) is 0 Å². The minimum Gasteiger partial charge on any atom is -0.508 e. The third-order valence-corrected chi connectivity index (χ3v) is 4.64. The molecule has 1 aromatic rings. The summed E-state index contributed by atoms with van der Waals surface area (Å²) in [4.78, 5) is 5.23. The van der Waals surface area contributed by atoms with E-state index in [1.807, 2.05) is 12.1 Å². The van der Waals surface area contributed by atoms with E-state index in [4.69, 9.17) is 0 Å². The summed E-state index contributed by atoms with van der Waals surface area (Å²) < 4.78 is 0. The molecule has 0 bridgehead atoms. The van der Waals surface area contributed by atoms with Gasteiger partial charge in [0, 0.05) is 38.8 Å². The molecule has 1 saturated heterocycles. The molecular formula is C17H26N2O. The maximum Gasteiger partial charge on any atom is 0.115 e. The lowest BCUT2D eigenvalue weighted by atomic mass is 10.1. The first-order valence-electron chi connectivity index (χ1n) is 7.91. The molecule has 0 spiro atoms. The zero-order valence-corrected chi connectivity index (χ0v) is 12.7. The number of benzene rings is 1. The molecule has 20 heavy (non-hydrogen) atoms. The topological polar surface area (TPSA) is 26.7 Å². The van der Waals surface area contributed by atoms with Crippen LogP contribution in [0, 0.1) is 5.92 Å². The summed E-state index contributed by atoms with van der Waals surface area (Å²) in [7, 11) is 0. The van der Waals surface area contributed by atoms with E-state index < -0.39 is 0 Å². The Kier molecular flexibility index (Phi) is 3.99. The second kappa shape index (κ2) is 5.74. The first-order valence-corrected chi connectivity index (χ1v) is 7.91. The summed E-state index contributed by atoms with van der Waals surface area (Å²) in [5.74, 6) is 1.17. The Morgan fingerprint density at radius 3 is 2.65 bits per heavy atom. The minimum atomic E-state index is 0.408. The van der Waals surface area contributed by atoms with Crippen LogP contribution in [0.1, 0.15) is 37.4 Å². The molecule has 0 saturated carbocycles. The Hall–Kier alpha value is -1.06. The van der Waals surface area contributed by atoms with Crippen molar-refractivity contribution in [2.75, 3.05) is 32.7 Å². The van der Waals surface area contributed by atoms with Crippen molar-refractivity contribution in [3.05, 3.63) is 29.3 Å². The van der Waals surface area contributed by atoms with Crippen LogP contribution in [0.15, 0.2) is 18.2 Å². The third-order valence-electron chi connectivity index (χ3n) is 4.64. The Labute approximate surface area is 122 Å². The fraction of sp³-hybridized carbons (Fsp3) is 0.647. The maximum absolute atomic E-state index is 9.59. The largest absolute Gasteiger partial charge is 0.508 e. The number of piperazine rings is 1. The predicted molar refractivity (Wildman–Crippen MR) is 82.0 cm³/mol. The van der Waals surface area contributed by atoms with Gasteiger partial charge in [0.1, 0.15) is 5.75 Å². The zero-order valence-electron chi connectivity index (χ0n) is 12.7. The number of hydrogen-bond donors (Lipinski definition) is 1. The summed E-state index contributed by atoms with van der Waals surface area (Å²) in [5, 5.41) is 9.59. The number of fused-ring (bicyclic) bond motifs is 1. The van der Waals surface area contributed by atoms with Crippen LogP contribution < -0.4 is 0 Å². The van der Waals surface area contributed by atoms with E-state index in [-0.39, 0.29) is 0 Å². The predicted octanol–water partition coefficient (Wildman–Crippen LogP) is 2.65. The van der Waals surface area contributed by atoms with Crippen molar-refractivity contribution in [2.45, 2.75) is 32.7 Å². The average Bonchev–Trinajstić information content (AvgIpc) is 2.82. The van der Waals surface area contributed by atoms with E-state index in [9.17, 15) is 5.11 Å². The Morgan fingerprint density at radius 2 is 1.95 bits per heavy atom. The van der Waals surface area contributed by atoms with Gasteiger partial charge >= 0.3 is 0 Å². The molecule has 2 aliphatic rings. The highest BCUT2D eigenvalue weighted by Crippen LogP contribution is 2.37. The van der Waals surface area contributed by atoms with Crippen LogP contribution in [-0.2, 0) is 6.42 Å². The van der Waals surface area contributed by atoms with Gasteiger partial charge in [-0.1, -0.05) is 19.9 Å². The van der Waals surface area contributed by atoms with Gasteiger partial charge in [-0.2, -0.15) is 0 Å². The van der Waals surface area contributed by atoms with Crippen molar-refractivity contribution in [2.24, 2.45) is 5.92 Å². The van der Waals surface area contributed by atoms with Gasteiger partial charge in [0.05, 0.1) is 0 Å². The molecule has 1 fully saturated rings. The number of aromatic hydroxyl groups is 1. The smallest absolute Gasteiger partial charge is 0.115 e. The van der Waals surface area contributed by atoms with Gasteiger partial charge in [-0.3, -0.25) is 4.90 Å². The first kappa shape index (κ1) is 13.9. The second-order valence-electron chi connectivity index (χ2n) is 6.67. The molecule has 1 unspecified atom stereocenters. The van der Waals surface area contributed by atoms with Crippen molar-refractivity contribution in [1.29, 1.82) is 0 Å². The number of nitrogens with zero attached hydrogens (tertiary/aromatic N) is 2. The van der Waals surface area contributed by atoms with Crippen molar-refractivity contribution < 1.29 is 5.11 Å². The Morgan fingerprint density at radius 1 is 1.20 bits per heavy atom. The van der Waals surface area contributed by atoms with Crippen LogP contribution in [0.2, 0.25) is 0 Å². The molecule has 0 amide bonds. The fourth-order valence-electron chi connectivity index (χ4n) is 3.73. The highest BCUT2D eigenvalue weighted by Gasteiger charge is 2.30. The standard InChI is InChI=1S/C17H26N2O/c1-13(2)12-18-7-9-19(10-8-18)17-6-3-14-11-15(20)4-5-16(14)17/h4-5,11,13,17,20H,3,6-10,12H2,1-2H3. The van der Waals surface area contributed by atoms with E-state index in [1.54, 1.807) is 0 Å². The number of phenolic OH excluding ortho intramolecular Hbond substituents is 1. The Balaban J connectivity index is 1.63. The molecule has 3 heteroatoms. The molecule has 3 nitrogen and oxygen atoms in total. The molecule has 3 rings (SSSR count). The van der Waals surface area contributed by atoms with E-state index in [2.05, 4.69) is 29.7 Å². The van der Waals surface area contributed by atoms with E-state index in [0.717, 1.165) is 12.3 Å². The molecular weight excluding hydrogens is 248 g/mol. The first-order chi connectivity index (χ1) is 9.63. The summed E-state index contributed by atoms with van der Waals surface area (Å²) in [6.45, 7) is 10.6. The highest BCUT2D eigenvalue weighted by atomic mass is 16.3. The van der Waals surface area contributed by atoms with Crippen molar-refractivity contribution in [1.82, 2.24) is 9.80 Å². The quantitative estimate of drug-likeness (QED) is 0.918. The molecule has 0 radical (unpaired) electrons. The van der Waals surface area contributed by atoms with E-state index >= 15 is 0 Å². The number of phenols is 1. The molecule has 110 valence electrons. The minimum absolute atomic E-state index is 0.408. The van der Waals surface area contributed by atoms with E-state index in [0.29, 0.717) is 11.8 Å². The van der Waals surface area contributed by atoms with E-state index in [1.165, 1.54) is 50.3 Å². The van der Waals surface area contributed by atoms with Gasteiger partial charge in [0.15, 0.2) is 0 Å². The van der Waals surface area contributed by atoms with Crippen LogP contribution in [0.5, 0.6) is 5.75 Å². The lowest BCUT2D eigenvalue weighted by molar-refractivity contribution is 0.0890. The van der Waals surface area contributed by atoms with Crippen LogP contribution in [0.3, 0.4) is 0 Å². The summed E-state index contributed by atoms with van der Waals surface area (Å²) >= 11 is 0. The van der Waals surface area contributed by atoms with Crippen LogP contribution in [-0.4, -0.2) is 47.6 Å². The lowest BCUT2D eigenvalue weighted by Gasteiger charge is -2.39. The summed E-state index contributed by atoms with van der Waals surface area (Å²) in [6, 6.07) is 6.49. The van der Waals surface area contributed by atoms with Crippen molar-refractivity contribution in [3.8, 4) is 5.75 Å². The average molecular weight is 274 g/mol. The molecule has 1 N–H and O–H groups in total. The molecule has 0 aromatic heterocycles. The maximum atomic E-state index is 9.59. The molecule has 1 aliphatic carbocycles. The number of rotatable bonds is 3. The van der Waals surface area contributed by atoms with Gasteiger partial charge in [-0.25, -0.2) is 0 Å². The number of aryl methyl sites for hydroxylation is 1. The van der Waals surface area contributed by atoms with Crippen molar-refractivity contribution >= 4 is 0 Å². The number of hydrogen-bond acceptors (Lipinski definition) is 3. The van der Waals surface area contributed by atoms with Gasteiger partial charge < -0.3 is 10.0 Å². The summed E-state index contributed by atoms with van der Waals surface area (Å²) in [5.41, 5.74) is 2.79. The van der Waals surface area contributed by atoms with Gasteiger partial charge in [0.25, 0.3) is 0 Å². The highest BCUT2D eigenvalue weighted by molar-refractivity contribution is 5.40. The Bertz CT molecular complexity index is 464. The lowest BCUT2D eigenvalue weighted by Crippen LogP contribution is -2.48. The van der Waals surface area contributed by atoms with Gasteiger partial charge in [-0.15, -0.1) is 0 Å². The molecule has 1 aliphatic heterocycles. The van der Waals surface area contributed by atoms with Gasteiger partial charge in [-0.05, 0) is 42.0 Å². The van der Waals surface area contributed by atoms with Gasteiger partial charge in [0.2, 0.25) is 0 Å². The van der Waals surface area contributed by atoms with Crippen LogP contribution in [0.4, 0.5) is 0 Å². The molecule has 1 atom stereocenters. The molecule has 1 aromatic carbocycles. The molecule has 1 heterocycles. The third kappa shape index (κ3) is 2.84. The monoisotopic (exact) mass is 274 g/mol. The summed E-state index contributed by atoms with van der Waals surface area (Å²) in [6.07, 6.45) is 2.32. The second-order valence-corrected chi connectivity index (χ2v) is 6.67.